The Hall–Kier alpha value is 0.620. The van der Waals surface area contributed by atoms with Crippen LogP contribution < -0.4 is 0 Å². The van der Waals surface area contributed by atoms with Gasteiger partial charge in [0.1, 0.15) is 0 Å². The van der Waals surface area contributed by atoms with Crippen molar-refractivity contribution in [2.45, 2.75) is 51.5 Å². The fourth-order valence-electron chi connectivity index (χ4n) is 2.14. The van der Waals surface area contributed by atoms with Gasteiger partial charge in [0.2, 0.25) is 0 Å². The molecular formula is C15H25Br2NS. The summed E-state index contributed by atoms with van der Waals surface area (Å²) in [5.41, 5.74) is 0. The Labute approximate surface area is 139 Å². The van der Waals surface area contributed by atoms with Crippen LogP contribution in [0.15, 0.2) is 15.9 Å². The summed E-state index contributed by atoms with van der Waals surface area (Å²) in [6.45, 7) is 2.30. The van der Waals surface area contributed by atoms with Gasteiger partial charge in [-0.25, -0.2) is 0 Å². The van der Waals surface area contributed by atoms with Gasteiger partial charge >= 0.3 is 0 Å². The average molecular weight is 411 g/mol. The summed E-state index contributed by atoms with van der Waals surface area (Å²) < 4.78 is 1.21. The zero-order valence-corrected chi connectivity index (χ0v) is 15.8. The second-order valence-corrected chi connectivity index (χ2v) is 7.84. The van der Waals surface area contributed by atoms with E-state index in [1.165, 1.54) is 60.8 Å². The number of hydrogen-bond donors (Lipinski definition) is 0. The minimum Gasteiger partial charge on any atom is -0.301 e. The van der Waals surface area contributed by atoms with Gasteiger partial charge in [-0.05, 0) is 48.4 Å². The van der Waals surface area contributed by atoms with Crippen LogP contribution in [0.3, 0.4) is 0 Å². The van der Waals surface area contributed by atoms with E-state index < -0.39 is 0 Å². The van der Waals surface area contributed by atoms with Crippen LogP contribution in [0.1, 0.15) is 49.8 Å². The quantitative estimate of drug-likeness (QED) is 0.316. The third-order valence-electron chi connectivity index (χ3n) is 3.22. The second-order valence-electron chi connectivity index (χ2n) is 5.13. The first-order valence-corrected chi connectivity index (χ1v) is 9.99. The van der Waals surface area contributed by atoms with Crippen LogP contribution in [0.25, 0.3) is 0 Å². The highest BCUT2D eigenvalue weighted by atomic mass is 79.9. The van der Waals surface area contributed by atoms with Crippen LogP contribution >= 0.6 is 43.2 Å². The number of halogens is 2. The van der Waals surface area contributed by atoms with Crippen molar-refractivity contribution in [2.24, 2.45) is 0 Å². The number of thiophene rings is 1. The van der Waals surface area contributed by atoms with Crippen molar-refractivity contribution in [2.75, 3.05) is 18.9 Å². The van der Waals surface area contributed by atoms with Crippen LogP contribution in [0.2, 0.25) is 0 Å². The molecule has 0 fully saturated rings. The maximum absolute atomic E-state index is 3.51. The summed E-state index contributed by atoms with van der Waals surface area (Å²) >= 11 is 8.83. The van der Waals surface area contributed by atoms with Crippen LogP contribution in [-0.2, 0) is 6.54 Å². The third-order valence-corrected chi connectivity index (χ3v) is 5.46. The number of unbranched alkanes of at least 4 members (excludes halogenated alkanes) is 6. The lowest BCUT2D eigenvalue weighted by atomic mass is 10.1. The normalized spacial score (nSPS) is 11.4. The summed E-state index contributed by atoms with van der Waals surface area (Å²) in [4.78, 5) is 3.88. The summed E-state index contributed by atoms with van der Waals surface area (Å²) in [5, 5.41) is 3.33. The molecule has 0 aliphatic rings. The van der Waals surface area contributed by atoms with Gasteiger partial charge in [-0.1, -0.05) is 48.0 Å². The Kier molecular flexibility index (Phi) is 10.5. The first kappa shape index (κ1) is 17.7. The molecule has 0 aliphatic carbocycles. The first-order chi connectivity index (χ1) is 9.22. The van der Waals surface area contributed by atoms with E-state index in [9.17, 15) is 0 Å². The van der Waals surface area contributed by atoms with Crippen LogP contribution in [0, 0.1) is 0 Å². The van der Waals surface area contributed by atoms with Gasteiger partial charge in [0, 0.05) is 26.6 Å². The molecule has 0 aliphatic heterocycles. The smallest absolute Gasteiger partial charge is 0.0325 e. The van der Waals surface area contributed by atoms with E-state index in [1.54, 1.807) is 0 Å². The molecule has 0 saturated carbocycles. The van der Waals surface area contributed by atoms with Crippen LogP contribution in [0.5, 0.6) is 0 Å². The molecule has 1 aromatic rings. The van der Waals surface area contributed by atoms with Gasteiger partial charge < -0.3 is 4.90 Å². The number of hydrogen-bond acceptors (Lipinski definition) is 2. The molecule has 0 aromatic carbocycles. The predicted molar refractivity (Wildman–Crippen MR) is 94.5 cm³/mol. The fraction of sp³-hybridized carbons (Fsp3) is 0.733. The maximum Gasteiger partial charge on any atom is 0.0325 e. The zero-order chi connectivity index (χ0) is 13.9. The molecule has 19 heavy (non-hydrogen) atoms. The van der Waals surface area contributed by atoms with E-state index in [4.69, 9.17) is 0 Å². The van der Waals surface area contributed by atoms with Gasteiger partial charge in [0.25, 0.3) is 0 Å². The van der Waals surface area contributed by atoms with Crippen molar-refractivity contribution in [3.05, 3.63) is 20.8 Å². The Morgan fingerprint density at radius 2 is 1.68 bits per heavy atom. The minimum absolute atomic E-state index is 1.08. The van der Waals surface area contributed by atoms with E-state index >= 15 is 0 Å². The number of nitrogens with zero attached hydrogens (tertiary/aromatic N) is 1. The highest BCUT2D eigenvalue weighted by Crippen LogP contribution is 2.20. The topological polar surface area (TPSA) is 3.24 Å². The Balaban J connectivity index is 1.94. The number of alkyl halides is 1. The zero-order valence-electron chi connectivity index (χ0n) is 11.8. The predicted octanol–water partition coefficient (Wildman–Crippen LogP) is 6.07. The highest BCUT2D eigenvalue weighted by Gasteiger charge is 2.02. The molecule has 1 aromatic heterocycles. The molecule has 0 radical (unpaired) electrons. The molecule has 0 saturated heterocycles. The van der Waals surface area contributed by atoms with Gasteiger partial charge in [-0.3, -0.25) is 0 Å². The molecule has 1 rings (SSSR count). The summed E-state index contributed by atoms with van der Waals surface area (Å²) in [6.07, 6.45) is 9.66. The Morgan fingerprint density at radius 3 is 2.26 bits per heavy atom. The van der Waals surface area contributed by atoms with E-state index in [2.05, 4.69) is 55.3 Å². The third kappa shape index (κ3) is 9.22. The van der Waals surface area contributed by atoms with E-state index in [0.717, 1.165) is 11.9 Å². The fourth-order valence-corrected chi connectivity index (χ4v) is 4.07. The van der Waals surface area contributed by atoms with Crippen molar-refractivity contribution in [3.8, 4) is 0 Å². The molecule has 0 unspecified atom stereocenters. The van der Waals surface area contributed by atoms with Gasteiger partial charge in [0.05, 0.1) is 0 Å². The maximum atomic E-state index is 3.51. The van der Waals surface area contributed by atoms with Crippen molar-refractivity contribution in [1.82, 2.24) is 4.90 Å². The summed E-state index contributed by atoms with van der Waals surface area (Å²) in [7, 11) is 2.23. The SMILES string of the molecule is CN(CCCCCCCCCBr)Cc1cc(Br)cs1. The molecule has 1 heterocycles. The number of rotatable bonds is 11. The average Bonchev–Trinajstić information content (AvgIpc) is 2.78. The molecule has 1 nitrogen and oxygen atoms in total. The molecule has 110 valence electrons. The van der Waals surface area contributed by atoms with E-state index in [1.807, 2.05) is 11.3 Å². The minimum atomic E-state index is 1.08. The molecule has 0 atom stereocenters. The molecule has 0 spiro atoms. The van der Waals surface area contributed by atoms with Crippen molar-refractivity contribution >= 4 is 43.2 Å². The van der Waals surface area contributed by atoms with Crippen LogP contribution in [-0.4, -0.2) is 23.8 Å². The van der Waals surface area contributed by atoms with Gasteiger partial charge in [0.15, 0.2) is 0 Å². The lowest BCUT2D eigenvalue weighted by molar-refractivity contribution is 0.319. The van der Waals surface area contributed by atoms with E-state index in [0.29, 0.717) is 0 Å². The Bertz CT molecular complexity index is 328. The first-order valence-electron chi connectivity index (χ1n) is 7.20. The van der Waals surface area contributed by atoms with Crippen molar-refractivity contribution in [1.29, 1.82) is 0 Å². The second kappa shape index (κ2) is 11.3. The summed E-state index contributed by atoms with van der Waals surface area (Å²) in [5.74, 6) is 0. The highest BCUT2D eigenvalue weighted by molar-refractivity contribution is 9.10. The van der Waals surface area contributed by atoms with Crippen molar-refractivity contribution in [3.63, 3.8) is 0 Å². The monoisotopic (exact) mass is 409 g/mol. The summed E-state index contributed by atoms with van der Waals surface area (Å²) in [6, 6.07) is 2.23. The largest absolute Gasteiger partial charge is 0.301 e. The van der Waals surface area contributed by atoms with Crippen molar-refractivity contribution < 1.29 is 0 Å². The molecule has 0 N–H and O–H groups in total. The lowest BCUT2D eigenvalue weighted by Gasteiger charge is -2.15. The van der Waals surface area contributed by atoms with Crippen LogP contribution in [0.4, 0.5) is 0 Å². The molecule has 4 heteroatoms. The van der Waals surface area contributed by atoms with E-state index in [-0.39, 0.29) is 0 Å². The standard InChI is InChI=1S/C15H25Br2NS/c1-18(12-15-11-14(17)13-19-15)10-8-6-4-2-3-5-7-9-16/h11,13H,2-10,12H2,1H3. The molecular weight excluding hydrogens is 386 g/mol. The lowest BCUT2D eigenvalue weighted by Crippen LogP contribution is -2.18. The molecule has 0 bridgehead atoms. The van der Waals surface area contributed by atoms with Gasteiger partial charge in [-0.2, -0.15) is 0 Å². The molecule has 0 amide bonds. The Morgan fingerprint density at radius 1 is 1.05 bits per heavy atom. The van der Waals surface area contributed by atoms with Gasteiger partial charge in [-0.15, -0.1) is 11.3 Å².